The molecule has 0 atom stereocenters. The minimum absolute atomic E-state index is 0.114. The molecule has 134 valence electrons. The van der Waals surface area contributed by atoms with E-state index in [1.54, 1.807) is 6.07 Å². The van der Waals surface area contributed by atoms with E-state index in [4.69, 9.17) is 39.5 Å². The summed E-state index contributed by atoms with van der Waals surface area (Å²) in [7, 11) is 0. The van der Waals surface area contributed by atoms with E-state index in [1.165, 1.54) is 6.07 Å². The summed E-state index contributed by atoms with van der Waals surface area (Å²) in [5, 5.41) is 3.89. The standard InChI is InChI=1S/C17H23Cl3N2O2/c1-11(2)10-24-12-3-5-22(6-4-12)9-17(23)21-16-8-14(19)13(18)7-15(16)20/h7-8,11-12H,3-6,9-10H2,1-2H3,(H,21,23). The first kappa shape index (κ1) is 19.8. The highest BCUT2D eigenvalue weighted by Crippen LogP contribution is 2.32. The third kappa shape index (κ3) is 6.08. The van der Waals surface area contributed by atoms with E-state index in [9.17, 15) is 4.79 Å². The predicted octanol–water partition coefficient (Wildman–Crippen LogP) is 4.72. The van der Waals surface area contributed by atoms with Gasteiger partial charge >= 0.3 is 0 Å². The lowest BCUT2D eigenvalue weighted by Crippen LogP contribution is -2.41. The van der Waals surface area contributed by atoms with Crippen molar-refractivity contribution in [3.8, 4) is 0 Å². The van der Waals surface area contributed by atoms with Gasteiger partial charge in [-0.2, -0.15) is 0 Å². The zero-order valence-corrected chi connectivity index (χ0v) is 16.2. The minimum atomic E-state index is -0.114. The molecular weight excluding hydrogens is 371 g/mol. The number of hydrogen-bond donors (Lipinski definition) is 1. The van der Waals surface area contributed by atoms with E-state index in [-0.39, 0.29) is 5.91 Å². The molecule has 0 saturated carbocycles. The van der Waals surface area contributed by atoms with Gasteiger partial charge in [-0.1, -0.05) is 48.7 Å². The topological polar surface area (TPSA) is 41.6 Å². The Morgan fingerprint density at radius 2 is 1.83 bits per heavy atom. The van der Waals surface area contributed by atoms with Crippen molar-refractivity contribution in [2.24, 2.45) is 5.92 Å². The van der Waals surface area contributed by atoms with Crippen molar-refractivity contribution in [3.63, 3.8) is 0 Å². The number of piperidine rings is 1. The maximum atomic E-state index is 12.2. The number of nitrogens with zero attached hydrogens (tertiary/aromatic N) is 1. The second kappa shape index (κ2) is 9.25. The average molecular weight is 394 g/mol. The normalized spacial score (nSPS) is 16.6. The van der Waals surface area contributed by atoms with E-state index in [2.05, 4.69) is 24.1 Å². The third-order valence-electron chi connectivity index (χ3n) is 3.85. The van der Waals surface area contributed by atoms with Gasteiger partial charge in [0.2, 0.25) is 5.91 Å². The van der Waals surface area contributed by atoms with Crippen LogP contribution in [0.25, 0.3) is 0 Å². The maximum absolute atomic E-state index is 12.2. The Hall–Kier alpha value is -0.520. The van der Waals surface area contributed by atoms with Gasteiger partial charge in [-0.05, 0) is 30.9 Å². The number of hydrogen-bond acceptors (Lipinski definition) is 3. The molecule has 1 aromatic carbocycles. The second-order valence-electron chi connectivity index (χ2n) is 6.50. The average Bonchev–Trinajstić information content (AvgIpc) is 2.52. The number of nitrogens with one attached hydrogen (secondary N) is 1. The van der Waals surface area contributed by atoms with E-state index >= 15 is 0 Å². The molecule has 1 aromatic rings. The van der Waals surface area contributed by atoms with Crippen molar-refractivity contribution < 1.29 is 9.53 Å². The predicted molar refractivity (Wildman–Crippen MR) is 100 cm³/mol. The molecule has 1 aliphatic heterocycles. The number of ether oxygens (including phenoxy) is 1. The molecule has 0 spiro atoms. The van der Waals surface area contributed by atoms with Gasteiger partial charge in [-0.15, -0.1) is 0 Å². The van der Waals surface area contributed by atoms with E-state index in [1.807, 2.05) is 0 Å². The van der Waals surface area contributed by atoms with Crippen LogP contribution in [0.3, 0.4) is 0 Å². The number of anilines is 1. The van der Waals surface area contributed by atoms with Crippen molar-refractivity contribution in [1.82, 2.24) is 4.90 Å². The Morgan fingerprint density at radius 3 is 2.46 bits per heavy atom. The Bertz CT molecular complexity index is 573. The smallest absolute Gasteiger partial charge is 0.238 e. The van der Waals surface area contributed by atoms with Crippen LogP contribution in [0.2, 0.25) is 15.1 Å². The van der Waals surface area contributed by atoms with Gasteiger partial charge in [0.15, 0.2) is 0 Å². The molecule has 1 amide bonds. The highest BCUT2D eigenvalue weighted by atomic mass is 35.5. The first-order valence-electron chi connectivity index (χ1n) is 8.13. The van der Waals surface area contributed by atoms with Crippen molar-refractivity contribution in [3.05, 3.63) is 27.2 Å². The van der Waals surface area contributed by atoms with Crippen LogP contribution >= 0.6 is 34.8 Å². The molecule has 24 heavy (non-hydrogen) atoms. The summed E-state index contributed by atoms with van der Waals surface area (Å²) in [6.07, 6.45) is 2.21. The first-order chi connectivity index (χ1) is 11.3. The molecule has 2 rings (SSSR count). The molecule has 1 aliphatic rings. The molecule has 0 aliphatic carbocycles. The van der Waals surface area contributed by atoms with Gasteiger partial charge in [0.25, 0.3) is 0 Å². The molecule has 4 nitrogen and oxygen atoms in total. The number of benzene rings is 1. The lowest BCUT2D eigenvalue weighted by molar-refractivity contribution is -0.118. The third-order valence-corrected chi connectivity index (χ3v) is 4.89. The number of halogens is 3. The fourth-order valence-electron chi connectivity index (χ4n) is 2.57. The van der Waals surface area contributed by atoms with Crippen molar-refractivity contribution in [1.29, 1.82) is 0 Å². The Balaban J connectivity index is 1.79. The van der Waals surface area contributed by atoms with Gasteiger partial charge in [-0.25, -0.2) is 0 Å². The molecule has 7 heteroatoms. The van der Waals surface area contributed by atoms with Crippen LogP contribution in [0.15, 0.2) is 12.1 Å². The number of carbonyl (C=O) groups is 1. The van der Waals surface area contributed by atoms with E-state index in [0.29, 0.717) is 39.3 Å². The van der Waals surface area contributed by atoms with Crippen LogP contribution in [0, 0.1) is 5.92 Å². The Kier molecular flexibility index (Phi) is 7.63. The molecule has 0 aromatic heterocycles. The molecule has 1 fully saturated rings. The lowest BCUT2D eigenvalue weighted by atomic mass is 10.1. The van der Waals surface area contributed by atoms with Gasteiger partial charge in [0.05, 0.1) is 33.4 Å². The number of rotatable bonds is 6. The Morgan fingerprint density at radius 1 is 1.21 bits per heavy atom. The fourth-order valence-corrected chi connectivity index (χ4v) is 3.17. The van der Waals surface area contributed by atoms with Crippen LogP contribution in [0.1, 0.15) is 26.7 Å². The molecular formula is C17H23Cl3N2O2. The molecule has 1 heterocycles. The second-order valence-corrected chi connectivity index (χ2v) is 7.72. The monoisotopic (exact) mass is 392 g/mol. The van der Waals surface area contributed by atoms with Crippen LogP contribution < -0.4 is 5.32 Å². The van der Waals surface area contributed by atoms with E-state index in [0.717, 1.165) is 32.5 Å². The fraction of sp³-hybridized carbons (Fsp3) is 0.588. The SMILES string of the molecule is CC(C)COC1CCN(CC(=O)Nc2cc(Cl)c(Cl)cc2Cl)CC1. The van der Waals surface area contributed by atoms with Crippen LogP contribution in [0.5, 0.6) is 0 Å². The highest BCUT2D eigenvalue weighted by Gasteiger charge is 2.22. The molecule has 1 saturated heterocycles. The lowest BCUT2D eigenvalue weighted by Gasteiger charge is -2.31. The largest absolute Gasteiger partial charge is 0.378 e. The summed E-state index contributed by atoms with van der Waals surface area (Å²) >= 11 is 17.9. The van der Waals surface area contributed by atoms with Gasteiger partial charge in [0, 0.05) is 19.7 Å². The van der Waals surface area contributed by atoms with Crippen LogP contribution in [-0.2, 0) is 9.53 Å². The quantitative estimate of drug-likeness (QED) is 0.711. The summed E-state index contributed by atoms with van der Waals surface area (Å²) in [4.78, 5) is 14.3. The Labute approximate surface area is 158 Å². The molecule has 1 N–H and O–H groups in total. The minimum Gasteiger partial charge on any atom is -0.378 e. The molecule has 0 unspecified atom stereocenters. The number of amides is 1. The van der Waals surface area contributed by atoms with Gasteiger partial charge in [-0.3, -0.25) is 9.69 Å². The van der Waals surface area contributed by atoms with Crippen molar-refractivity contribution in [2.45, 2.75) is 32.8 Å². The van der Waals surface area contributed by atoms with Crippen molar-refractivity contribution >= 4 is 46.4 Å². The summed E-state index contributed by atoms with van der Waals surface area (Å²) < 4.78 is 5.86. The first-order valence-corrected chi connectivity index (χ1v) is 9.27. The zero-order chi connectivity index (χ0) is 17.7. The van der Waals surface area contributed by atoms with Crippen LogP contribution in [0.4, 0.5) is 5.69 Å². The zero-order valence-electron chi connectivity index (χ0n) is 13.9. The van der Waals surface area contributed by atoms with Crippen LogP contribution in [-0.4, -0.2) is 43.2 Å². The van der Waals surface area contributed by atoms with E-state index < -0.39 is 0 Å². The maximum Gasteiger partial charge on any atom is 0.238 e. The number of carbonyl (C=O) groups excluding carboxylic acids is 1. The van der Waals surface area contributed by atoms with Gasteiger partial charge < -0.3 is 10.1 Å². The summed E-state index contributed by atoms with van der Waals surface area (Å²) in [5.74, 6) is 0.432. The van der Waals surface area contributed by atoms with Gasteiger partial charge in [0.1, 0.15) is 0 Å². The van der Waals surface area contributed by atoms with Crippen molar-refractivity contribution in [2.75, 3.05) is 31.6 Å². The molecule has 0 radical (unpaired) electrons. The highest BCUT2D eigenvalue weighted by molar-refractivity contribution is 6.44. The molecule has 0 bridgehead atoms. The summed E-state index contributed by atoms with van der Waals surface area (Å²) in [6.45, 7) is 7.12. The summed E-state index contributed by atoms with van der Waals surface area (Å²) in [6, 6.07) is 3.09. The summed E-state index contributed by atoms with van der Waals surface area (Å²) in [5.41, 5.74) is 0.478. The number of likely N-dealkylation sites (tertiary alicyclic amines) is 1.